The highest BCUT2D eigenvalue weighted by molar-refractivity contribution is 5.77. The molecule has 0 saturated heterocycles. The molecule has 3 heteroatoms. The topological polar surface area (TPSA) is 63.3 Å². The molecule has 3 N–H and O–H groups in total. The molecule has 0 radical (unpaired) electrons. The summed E-state index contributed by atoms with van der Waals surface area (Å²) in [5, 5.41) is 8.90. The van der Waals surface area contributed by atoms with E-state index in [2.05, 4.69) is 5.92 Å². The number of rotatable bonds is 3. The highest BCUT2D eigenvalue weighted by Gasteiger charge is 2.19. The van der Waals surface area contributed by atoms with Crippen LogP contribution in [0, 0.1) is 12.3 Å². The molecule has 0 spiro atoms. The van der Waals surface area contributed by atoms with Crippen molar-refractivity contribution in [2.45, 2.75) is 5.92 Å². The van der Waals surface area contributed by atoms with E-state index < -0.39 is 11.9 Å². The molecule has 0 fully saturated rings. The van der Waals surface area contributed by atoms with Gasteiger partial charge in [0.05, 0.1) is 5.92 Å². The summed E-state index contributed by atoms with van der Waals surface area (Å²) in [7, 11) is 0. The Kier molecular flexibility index (Phi) is 3.27. The van der Waals surface area contributed by atoms with Crippen molar-refractivity contribution in [3.63, 3.8) is 0 Å². The Morgan fingerprint density at radius 1 is 1.57 bits per heavy atom. The summed E-state index contributed by atoms with van der Waals surface area (Å²) in [4.78, 5) is 10.9. The van der Waals surface area contributed by atoms with Crippen LogP contribution in [0.2, 0.25) is 0 Å². The number of hydrogen-bond donors (Lipinski definition) is 2. The van der Waals surface area contributed by atoms with Gasteiger partial charge in [-0.3, -0.25) is 4.79 Å². The van der Waals surface area contributed by atoms with Gasteiger partial charge in [0.1, 0.15) is 0 Å². The van der Waals surface area contributed by atoms with E-state index in [0.29, 0.717) is 11.1 Å². The summed E-state index contributed by atoms with van der Waals surface area (Å²) >= 11 is 0. The summed E-state index contributed by atoms with van der Waals surface area (Å²) in [6.45, 7) is 0.0496. The predicted molar refractivity (Wildman–Crippen MR) is 53.8 cm³/mol. The minimum absolute atomic E-state index is 0.0496. The van der Waals surface area contributed by atoms with E-state index in [1.807, 2.05) is 0 Å². The standard InChI is InChI=1S/C11H11NO2/c1-2-8-5-3-4-6-9(8)10(7-12)11(13)14/h1,3-6,10H,7,12H2,(H,13,14). The van der Waals surface area contributed by atoms with Gasteiger partial charge in [-0.1, -0.05) is 24.1 Å². The van der Waals surface area contributed by atoms with E-state index in [9.17, 15) is 4.79 Å². The molecule has 0 amide bonds. The van der Waals surface area contributed by atoms with Crippen LogP contribution in [0.4, 0.5) is 0 Å². The van der Waals surface area contributed by atoms with E-state index in [1.54, 1.807) is 24.3 Å². The number of benzene rings is 1. The van der Waals surface area contributed by atoms with Crippen LogP contribution in [-0.2, 0) is 4.79 Å². The summed E-state index contributed by atoms with van der Waals surface area (Å²) < 4.78 is 0. The summed E-state index contributed by atoms with van der Waals surface area (Å²) in [6, 6.07) is 6.93. The van der Waals surface area contributed by atoms with Crippen LogP contribution in [0.1, 0.15) is 17.0 Å². The third kappa shape index (κ3) is 1.93. The first-order valence-corrected chi connectivity index (χ1v) is 4.19. The zero-order valence-corrected chi connectivity index (χ0v) is 7.60. The average Bonchev–Trinajstić information content (AvgIpc) is 2.19. The Balaban J connectivity index is 3.17. The lowest BCUT2D eigenvalue weighted by atomic mass is 9.95. The Labute approximate surface area is 82.6 Å². The van der Waals surface area contributed by atoms with Gasteiger partial charge in [-0.2, -0.15) is 0 Å². The van der Waals surface area contributed by atoms with Crippen molar-refractivity contribution >= 4 is 5.97 Å². The van der Waals surface area contributed by atoms with Crippen LogP contribution in [-0.4, -0.2) is 17.6 Å². The number of carboxylic acids is 1. The van der Waals surface area contributed by atoms with E-state index in [-0.39, 0.29) is 6.54 Å². The van der Waals surface area contributed by atoms with Crippen LogP contribution in [0.25, 0.3) is 0 Å². The number of nitrogens with two attached hydrogens (primary N) is 1. The molecule has 0 aliphatic carbocycles. The molecular formula is C11H11NO2. The normalized spacial score (nSPS) is 11.7. The van der Waals surface area contributed by atoms with Gasteiger partial charge in [0.25, 0.3) is 0 Å². The fourth-order valence-electron chi connectivity index (χ4n) is 1.29. The molecule has 0 aromatic heterocycles. The van der Waals surface area contributed by atoms with Crippen LogP contribution in [0.5, 0.6) is 0 Å². The zero-order chi connectivity index (χ0) is 10.6. The number of hydrogen-bond acceptors (Lipinski definition) is 2. The predicted octanol–water partition coefficient (Wildman–Crippen LogP) is 0.795. The van der Waals surface area contributed by atoms with Gasteiger partial charge in [-0.25, -0.2) is 0 Å². The third-order valence-electron chi connectivity index (χ3n) is 2.03. The molecule has 0 heterocycles. The minimum Gasteiger partial charge on any atom is -0.481 e. The minimum atomic E-state index is -0.949. The average molecular weight is 189 g/mol. The summed E-state index contributed by atoms with van der Waals surface area (Å²) in [6.07, 6.45) is 5.26. The first-order valence-electron chi connectivity index (χ1n) is 4.19. The monoisotopic (exact) mass is 189 g/mol. The Hall–Kier alpha value is -1.79. The zero-order valence-electron chi connectivity index (χ0n) is 7.60. The third-order valence-corrected chi connectivity index (χ3v) is 2.03. The Morgan fingerprint density at radius 2 is 2.21 bits per heavy atom. The summed E-state index contributed by atoms with van der Waals surface area (Å²) in [5.74, 6) is 0.777. The van der Waals surface area contributed by atoms with E-state index in [0.717, 1.165) is 0 Å². The molecular weight excluding hydrogens is 178 g/mol. The number of carbonyl (C=O) groups is 1. The molecule has 72 valence electrons. The molecule has 0 aliphatic heterocycles. The molecule has 1 aromatic rings. The molecule has 14 heavy (non-hydrogen) atoms. The Bertz CT molecular complexity index is 379. The fraction of sp³-hybridized carbons (Fsp3) is 0.182. The van der Waals surface area contributed by atoms with Gasteiger partial charge < -0.3 is 10.8 Å². The lowest BCUT2D eigenvalue weighted by Gasteiger charge is -2.11. The van der Waals surface area contributed by atoms with Crippen LogP contribution < -0.4 is 5.73 Å². The van der Waals surface area contributed by atoms with Crippen molar-refractivity contribution in [3.05, 3.63) is 35.4 Å². The largest absolute Gasteiger partial charge is 0.481 e. The molecule has 1 atom stereocenters. The smallest absolute Gasteiger partial charge is 0.312 e. The van der Waals surface area contributed by atoms with Crippen LogP contribution in [0.15, 0.2) is 24.3 Å². The van der Waals surface area contributed by atoms with E-state index >= 15 is 0 Å². The molecule has 0 bridgehead atoms. The SMILES string of the molecule is C#Cc1ccccc1C(CN)C(=O)O. The van der Waals surface area contributed by atoms with Gasteiger partial charge in [0.15, 0.2) is 0 Å². The van der Waals surface area contributed by atoms with Gasteiger partial charge in [-0.05, 0) is 11.6 Å². The molecule has 0 aliphatic rings. The number of aliphatic carboxylic acids is 1. The van der Waals surface area contributed by atoms with Crippen LogP contribution >= 0.6 is 0 Å². The lowest BCUT2D eigenvalue weighted by molar-refractivity contribution is -0.138. The maximum Gasteiger partial charge on any atom is 0.312 e. The second kappa shape index (κ2) is 4.45. The molecule has 3 nitrogen and oxygen atoms in total. The Morgan fingerprint density at radius 3 is 2.71 bits per heavy atom. The van der Waals surface area contributed by atoms with Crippen molar-refractivity contribution in [2.75, 3.05) is 6.54 Å². The highest BCUT2D eigenvalue weighted by Crippen LogP contribution is 2.18. The molecule has 0 saturated carbocycles. The number of carboxylic acid groups (broad SMARTS) is 1. The molecule has 1 unspecified atom stereocenters. The van der Waals surface area contributed by atoms with E-state index in [4.69, 9.17) is 17.3 Å². The summed E-state index contributed by atoms with van der Waals surface area (Å²) in [5.41, 5.74) is 6.57. The van der Waals surface area contributed by atoms with Gasteiger partial charge in [0.2, 0.25) is 0 Å². The van der Waals surface area contributed by atoms with Gasteiger partial charge in [0, 0.05) is 12.1 Å². The van der Waals surface area contributed by atoms with Crippen molar-refractivity contribution in [2.24, 2.45) is 5.73 Å². The van der Waals surface area contributed by atoms with Crippen molar-refractivity contribution in [1.29, 1.82) is 0 Å². The van der Waals surface area contributed by atoms with Crippen molar-refractivity contribution in [1.82, 2.24) is 0 Å². The maximum atomic E-state index is 10.9. The lowest BCUT2D eigenvalue weighted by Crippen LogP contribution is -2.21. The number of terminal acetylenes is 1. The quantitative estimate of drug-likeness (QED) is 0.691. The maximum absolute atomic E-state index is 10.9. The molecule has 1 aromatic carbocycles. The van der Waals surface area contributed by atoms with Crippen LogP contribution in [0.3, 0.4) is 0 Å². The fourth-order valence-corrected chi connectivity index (χ4v) is 1.29. The van der Waals surface area contributed by atoms with Crippen molar-refractivity contribution in [3.8, 4) is 12.3 Å². The first kappa shape index (κ1) is 10.3. The van der Waals surface area contributed by atoms with Gasteiger partial charge >= 0.3 is 5.97 Å². The van der Waals surface area contributed by atoms with Gasteiger partial charge in [-0.15, -0.1) is 6.42 Å². The van der Waals surface area contributed by atoms with E-state index in [1.165, 1.54) is 0 Å². The van der Waals surface area contributed by atoms with Crippen molar-refractivity contribution < 1.29 is 9.90 Å². The first-order chi connectivity index (χ1) is 6.70. The second-order valence-electron chi connectivity index (χ2n) is 2.86. The molecule has 1 rings (SSSR count). The highest BCUT2D eigenvalue weighted by atomic mass is 16.4. The second-order valence-corrected chi connectivity index (χ2v) is 2.86.